The van der Waals surface area contributed by atoms with Crippen molar-refractivity contribution in [1.29, 1.82) is 0 Å². The van der Waals surface area contributed by atoms with Crippen molar-refractivity contribution < 1.29 is 0 Å². The van der Waals surface area contributed by atoms with Crippen LogP contribution >= 0.6 is 0 Å². The maximum absolute atomic E-state index is 2.30. The molecule has 1 rings (SSSR count). The van der Waals surface area contributed by atoms with E-state index in [2.05, 4.69) is 45.0 Å². The first-order valence-corrected chi connectivity index (χ1v) is 5.74. The summed E-state index contributed by atoms with van der Waals surface area (Å²) in [6, 6.07) is 8.72. The van der Waals surface area contributed by atoms with Gasteiger partial charge in [0.1, 0.15) is 0 Å². The Balaban J connectivity index is 2.28. The Hall–Kier alpha value is -0.780. The summed E-state index contributed by atoms with van der Waals surface area (Å²) in [5.74, 6) is 0.854. The largest absolute Gasteiger partial charge is 0.0628 e. The average molecular weight is 190 g/mol. The minimum absolute atomic E-state index is 0.854. The van der Waals surface area contributed by atoms with Crippen molar-refractivity contribution in [1.82, 2.24) is 0 Å². The summed E-state index contributed by atoms with van der Waals surface area (Å²) >= 11 is 0. The zero-order valence-electron chi connectivity index (χ0n) is 9.72. The number of hydrogen-bond acceptors (Lipinski definition) is 0. The second-order valence-electron chi connectivity index (χ2n) is 4.57. The zero-order chi connectivity index (χ0) is 10.4. The fraction of sp³-hybridized carbons (Fsp3) is 0.571. The Morgan fingerprint density at radius 2 is 1.79 bits per heavy atom. The van der Waals surface area contributed by atoms with Gasteiger partial charge in [0.25, 0.3) is 0 Å². The van der Waals surface area contributed by atoms with Crippen LogP contribution in [0.3, 0.4) is 0 Å². The summed E-state index contributed by atoms with van der Waals surface area (Å²) in [5, 5.41) is 0. The van der Waals surface area contributed by atoms with Crippen LogP contribution in [-0.4, -0.2) is 0 Å². The highest BCUT2D eigenvalue weighted by Gasteiger charge is 1.98. The molecule has 0 aliphatic carbocycles. The molecule has 0 aliphatic rings. The lowest BCUT2D eigenvalue weighted by Crippen LogP contribution is -1.92. The van der Waals surface area contributed by atoms with Gasteiger partial charge < -0.3 is 0 Å². The second-order valence-corrected chi connectivity index (χ2v) is 4.57. The van der Waals surface area contributed by atoms with Crippen molar-refractivity contribution in [3.05, 3.63) is 35.4 Å². The van der Waals surface area contributed by atoms with Crippen LogP contribution in [0.25, 0.3) is 0 Å². The number of rotatable bonds is 5. The Kier molecular flexibility index (Phi) is 4.72. The van der Waals surface area contributed by atoms with Gasteiger partial charge in [0.15, 0.2) is 0 Å². The Bertz CT molecular complexity index is 260. The van der Waals surface area contributed by atoms with Gasteiger partial charge in [-0.1, -0.05) is 51.0 Å². The van der Waals surface area contributed by atoms with Crippen molar-refractivity contribution >= 4 is 0 Å². The lowest BCUT2D eigenvalue weighted by molar-refractivity contribution is 0.538. The van der Waals surface area contributed by atoms with E-state index < -0.39 is 0 Å². The van der Waals surface area contributed by atoms with Crippen LogP contribution in [-0.2, 0) is 6.42 Å². The highest BCUT2D eigenvalue weighted by molar-refractivity contribution is 5.25. The number of aryl methyl sites for hydroxylation is 2. The van der Waals surface area contributed by atoms with Gasteiger partial charge in [-0.25, -0.2) is 0 Å². The average Bonchev–Trinajstić information content (AvgIpc) is 2.15. The number of benzene rings is 1. The van der Waals surface area contributed by atoms with Crippen molar-refractivity contribution in [3.63, 3.8) is 0 Å². The molecule has 1 aromatic rings. The predicted octanol–water partition coefficient (Wildman–Crippen LogP) is 4.36. The fourth-order valence-corrected chi connectivity index (χ4v) is 1.76. The Labute approximate surface area is 88.4 Å². The van der Waals surface area contributed by atoms with E-state index in [4.69, 9.17) is 0 Å². The van der Waals surface area contributed by atoms with Crippen molar-refractivity contribution in [2.45, 2.75) is 46.5 Å². The minimum atomic E-state index is 0.854. The first-order chi connectivity index (χ1) is 6.70. The third-order valence-electron chi connectivity index (χ3n) is 2.74. The molecule has 78 valence electrons. The topological polar surface area (TPSA) is 0 Å². The van der Waals surface area contributed by atoms with Gasteiger partial charge in [-0.05, 0) is 36.8 Å². The van der Waals surface area contributed by atoms with Crippen molar-refractivity contribution in [2.24, 2.45) is 5.92 Å². The van der Waals surface area contributed by atoms with Gasteiger partial charge in [-0.3, -0.25) is 0 Å². The maximum Gasteiger partial charge on any atom is -0.0276 e. The molecule has 0 unspecified atom stereocenters. The molecule has 0 fully saturated rings. The van der Waals surface area contributed by atoms with E-state index >= 15 is 0 Å². The highest BCUT2D eigenvalue weighted by atomic mass is 14.0. The third-order valence-corrected chi connectivity index (χ3v) is 2.74. The lowest BCUT2D eigenvalue weighted by atomic mass is 10.00. The molecule has 0 heteroatoms. The summed E-state index contributed by atoms with van der Waals surface area (Å²) in [5.41, 5.74) is 2.97. The molecule has 0 bridgehead atoms. The smallest absolute Gasteiger partial charge is 0.0276 e. The highest BCUT2D eigenvalue weighted by Crippen LogP contribution is 2.13. The normalized spacial score (nSPS) is 10.9. The van der Waals surface area contributed by atoms with Crippen LogP contribution in [0.15, 0.2) is 24.3 Å². The lowest BCUT2D eigenvalue weighted by Gasteiger charge is -2.06. The SMILES string of the molecule is Cc1ccccc1CCCCC(C)C. The van der Waals surface area contributed by atoms with Crippen LogP contribution in [0, 0.1) is 12.8 Å². The second kappa shape index (κ2) is 5.85. The molecule has 0 amide bonds. The van der Waals surface area contributed by atoms with E-state index in [1.807, 2.05) is 0 Å². The van der Waals surface area contributed by atoms with E-state index in [9.17, 15) is 0 Å². The number of unbranched alkanes of at least 4 members (excludes halogenated alkanes) is 1. The van der Waals surface area contributed by atoms with E-state index in [-0.39, 0.29) is 0 Å². The van der Waals surface area contributed by atoms with Crippen LogP contribution < -0.4 is 0 Å². The third kappa shape index (κ3) is 3.95. The van der Waals surface area contributed by atoms with Crippen molar-refractivity contribution in [2.75, 3.05) is 0 Å². The summed E-state index contributed by atoms with van der Waals surface area (Å²) in [4.78, 5) is 0. The molecule has 14 heavy (non-hydrogen) atoms. The van der Waals surface area contributed by atoms with Crippen LogP contribution in [0.5, 0.6) is 0 Å². The molecular weight excluding hydrogens is 168 g/mol. The molecular formula is C14H22. The molecule has 0 aromatic heterocycles. The summed E-state index contributed by atoms with van der Waals surface area (Å²) in [6.45, 7) is 6.80. The molecule has 0 aliphatic heterocycles. The summed E-state index contributed by atoms with van der Waals surface area (Å²) < 4.78 is 0. The molecule has 0 N–H and O–H groups in total. The molecule has 0 heterocycles. The van der Waals surface area contributed by atoms with Crippen molar-refractivity contribution in [3.8, 4) is 0 Å². The molecule has 0 saturated carbocycles. The van der Waals surface area contributed by atoms with Gasteiger partial charge in [0.2, 0.25) is 0 Å². The Morgan fingerprint density at radius 1 is 1.07 bits per heavy atom. The summed E-state index contributed by atoms with van der Waals surface area (Å²) in [7, 11) is 0. The predicted molar refractivity (Wildman–Crippen MR) is 63.6 cm³/mol. The minimum Gasteiger partial charge on any atom is -0.0628 e. The van der Waals surface area contributed by atoms with E-state index in [0.29, 0.717) is 0 Å². The molecule has 0 radical (unpaired) electrons. The number of hydrogen-bond donors (Lipinski definition) is 0. The molecule has 1 aromatic carbocycles. The first-order valence-electron chi connectivity index (χ1n) is 5.74. The fourth-order valence-electron chi connectivity index (χ4n) is 1.76. The van der Waals surface area contributed by atoms with Gasteiger partial charge in [-0.2, -0.15) is 0 Å². The zero-order valence-corrected chi connectivity index (χ0v) is 9.72. The monoisotopic (exact) mass is 190 g/mol. The van der Waals surface area contributed by atoms with E-state index in [0.717, 1.165) is 5.92 Å². The van der Waals surface area contributed by atoms with E-state index in [1.165, 1.54) is 36.8 Å². The Morgan fingerprint density at radius 3 is 2.43 bits per heavy atom. The van der Waals surface area contributed by atoms with Gasteiger partial charge in [0, 0.05) is 0 Å². The van der Waals surface area contributed by atoms with Crippen LogP contribution in [0.4, 0.5) is 0 Å². The van der Waals surface area contributed by atoms with E-state index in [1.54, 1.807) is 0 Å². The quantitative estimate of drug-likeness (QED) is 0.605. The van der Waals surface area contributed by atoms with Crippen LogP contribution in [0.2, 0.25) is 0 Å². The maximum atomic E-state index is 2.30. The first kappa shape index (κ1) is 11.3. The van der Waals surface area contributed by atoms with Gasteiger partial charge >= 0.3 is 0 Å². The molecule has 0 spiro atoms. The molecule has 0 nitrogen and oxygen atoms in total. The standard InChI is InChI=1S/C14H22/c1-12(2)8-4-6-10-14-11-7-5-9-13(14)3/h5,7,9,11-12H,4,6,8,10H2,1-3H3. The summed E-state index contributed by atoms with van der Waals surface area (Å²) in [6.07, 6.45) is 5.32. The van der Waals surface area contributed by atoms with Gasteiger partial charge in [-0.15, -0.1) is 0 Å². The van der Waals surface area contributed by atoms with Gasteiger partial charge in [0.05, 0.1) is 0 Å². The molecule has 0 atom stereocenters. The van der Waals surface area contributed by atoms with Crippen LogP contribution in [0.1, 0.15) is 44.2 Å². The molecule has 0 saturated heterocycles.